The summed E-state index contributed by atoms with van der Waals surface area (Å²) in [4.78, 5) is 2.07. The van der Waals surface area contributed by atoms with E-state index < -0.39 is 5.60 Å². The molecule has 2 rings (SSSR count). The molecular formula is C16H21NO2. The predicted octanol–water partition coefficient (Wildman–Crippen LogP) is 2.66. The van der Waals surface area contributed by atoms with Gasteiger partial charge in [-0.2, -0.15) is 0 Å². The van der Waals surface area contributed by atoms with Crippen molar-refractivity contribution in [3.05, 3.63) is 60.1 Å². The Morgan fingerprint density at radius 1 is 1.11 bits per heavy atom. The predicted molar refractivity (Wildman–Crippen MR) is 75.9 cm³/mol. The summed E-state index contributed by atoms with van der Waals surface area (Å²) in [5, 5.41) is 11.0. The zero-order valence-corrected chi connectivity index (χ0v) is 11.5. The highest BCUT2D eigenvalue weighted by Crippen LogP contribution is 2.29. The Morgan fingerprint density at radius 3 is 2.42 bits per heavy atom. The van der Waals surface area contributed by atoms with Gasteiger partial charge >= 0.3 is 0 Å². The second-order valence-electron chi connectivity index (χ2n) is 5.22. The fraction of sp³-hybridized carbons (Fsp3) is 0.375. The average Bonchev–Trinajstić information content (AvgIpc) is 2.92. The topological polar surface area (TPSA) is 36.6 Å². The minimum Gasteiger partial charge on any atom is -0.466 e. The van der Waals surface area contributed by atoms with Crippen LogP contribution >= 0.6 is 0 Å². The second-order valence-corrected chi connectivity index (χ2v) is 5.22. The molecule has 0 aliphatic heterocycles. The monoisotopic (exact) mass is 259 g/mol. The van der Waals surface area contributed by atoms with Crippen LogP contribution in [0.1, 0.15) is 17.7 Å². The fourth-order valence-electron chi connectivity index (χ4n) is 2.18. The van der Waals surface area contributed by atoms with Crippen molar-refractivity contribution < 1.29 is 9.52 Å². The highest BCUT2D eigenvalue weighted by atomic mass is 16.4. The highest BCUT2D eigenvalue weighted by molar-refractivity contribution is 5.21. The number of hydrogen-bond donors (Lipinski definition) is 1. The summed E-state index contributed by atoms with van der Waals surface area (Å²) in [6.07, 6.45) is 2.82. The first kappa shape index (κ1) is 13.8. The molecule has 2 aromatic rings. The number of rotatable bonds is 6. The van der Waals surface area contributed by atoms with Crippen molar-refractivity contribution in [2.24, 2.45) is 0 Å². The third kappa shape index (κ3) is 3.69. The van der Waals surface area contributed by atoms with Crippen LogP contribution in [-0.2, 0) is 12.0 Å². The van der Waals surface area contributed by atoms with E-state index in [-0.39, 0.29) is 0 Å². The Hall–Kier alpha value is -1.58. The maximum atomic E-state index is 11.0. The van der Waals surface area contributed by atoms with Gasteiger partial charge < -0.3 is 14.4 Å². The number of furan rings is 1. The zero-order valence-electron chi connectivity index (χ0n) is 11.5. The molecule has 0 aliphatic carbocycles. The molecule has 0 unspecified atom stereocenters. The standard InChI is InChI=1S/C16H21NO2/c1-17(2)11-10-16(18,15-9-6-12-19-15)13-14-7-4-3-5-8-14/h3-9,12,18H,10-11,13H2,1-2H3/t16-/m1/s1. The van der Waals surface area contributed by atoms with Gasteiger partial charge in [-0.15, -0.1) is 0 Å². The lowest BCUT2D eigenvalue weighted by molar-refractivity contribution is 0.000771. The Kier molecular flexibility index (Phi) is 4.40. The van der Waals surface area contributed by atoms with Crippen LogP contribution in [0.15, 0.2) is 53.1 Å². The molecule has 0 spiro atoms. The first-order chi connectivity index (χ1) is 9.10. The number of hydrogen-bond acceptors (Lipinski definition) is 3. The number of benzene rings is 1. The SMILES string of the molecule is CN(C)CC[C@@](O)(Cc1ccccc1)c1ccco1. The Balaban J connectivity index is 2.19. The molecule has 0 radical (unpaired) electrons. The lowest BCUT2D eigenvalue weighted by atomic mass is 9.88. The first-order valence-corrected chi connectivity index (χ1v) is 6.55. The van der Waals surface area contributed by atoms with Crippen LogP contribution in [0.5, 0.6) is 0 Å². The fourth-order valence-corrected chi connectivity index (χ4v) is 2.18. The van der Waals surface area contributed by atoms with E-state index in [0.717, 1.165) is 12.1 Å². The van der Waals surface area contributed by atoms with Gasteiger partial charge in [0.05, 0.1) is 6.26 Å². The molecule has 0 fully saturated rings. The molecule has 0 amide bonds. The van der Waals surface area contributed by atoms with Crippen molar-refractivity contribution in [3.63, 3.8) is 0 Å². The van der Waals surface area contributed by atoms with E-state index in [9.17, 15) is 5.11 Å². The molecule has 3 nitrogen and oxygen atoms in total. The largest absolute Gasteiger partial charge is 0.466 e. The molecule has 0 aliphatic rings. The quantitative estimate of drug-likeness (QED) is 0.866. The van der Waals surface area contributed by atoms with Gasteiger partial charge in [0.2, 0.25) is 0 Å². The van der Waals surface area contributed by atoms with E-state index in [0.29, 0.717) is 18.6 Å². The summed E-state index contributed by atoms with van der Waals surface area (Å²) in [6.45, 7) is 0.810. The summed E-state index contributed by atoms with van der Waals surface area (Å²) in [7, 11) is 4.01. The van der Waals surface area contributed by atoms with Crippen molar-refractivity contribution in [1.29, 1.82) is 0 Å². The van der Waals surface area contributed by atoms with Gasteiger partial charge in [-0.05, 0) is 38.2 Å². The van der Waals surface area contributed by atoms with Gasteiger partial charge in [-0.3, -0.25) is 0 Å². The summed E-state index contributed by atoms with van der Waals surface area (Å²) in [5.74, 6) is 0.637. The molecule has 1 heterocycles. The third-order valence-electron chi connectivity index (χ3n) is 3.29. The Morgan fingerprint density at radius 2 is 1.84 bits per heavy atom. The van der Waals surface area contributed by atoms with Crippen LogP contribution in [0.25, 0.3) is 0 Å². The van der Waals surface area contributed by atoms with E-state index in [1.807, 2.05) is 56.6 Å². The zero-order chi connectivity index (χ0) is 13.7. The van der Waals surface area contributed by atoms with E-state index >= 15 is 0 Å². The van der Waals surface area contributed by atoms with Crippen LogP contribution in [0.2, 0.25) is 0 Å². The van der Waals surface area contributed by atoms with E-state index in [2.05, 4.69) is 4.90 Å². The summed E-state index contributed by atoms with van der Waals surface area (Å²) in [6, 6.07) is 13.7. The van der Waals surface area contributed by atoms with Gasteiger partial charge in [-0.1, -0.05) is 30.3 Å². The molecular weight excluding hydrogens is 238 g/mol. The number of aliphatic hydroxyl groups is 1. The molecule has 1 N–H and O–H groups in total. The first-order valence-electron chi connectivity index (χ1n) is 6.55. The smallest absolute Gasteiger partial charge is 0.135 e. The van der Waals surface area contributed by atoms with Gasteiger partial charge in [0.25, 0.3) is 0 Å². The van der Waals surface area contributed by atoms with Crippen LogP contribution in [0.3, 0.4) is 0 Å². The minimum atomic E-state index is -0.949. The molecule has 1 aromatic carbocycles. The van der Waals surface area contributed by atoms with Crippen LogP contribution < -0.4 is 0 Å². The third-order valence-corrected chi connectivity index (χ3v) is 3.29. The van der Waals surface area contributed by atoms with Gasteiger partial charge in [-0.25, -0.2) is 0 Å². The molecule has 19 heavy (non-hydrogen) atoms. The maximum Gasteiger partial charge on any atom is 0.135 e. The van der Waals surface area contributed by atoms with Gasteiger partial charge in [0, 0.05) is 13.0 Å². The lowest BCUT2D eigenvalue weighted by Gasteiger charge is -2.27. The van der Waals surface area contributed by atoms with Gasteiger partial charge in [0.1, 0.15) is 11.4 Å². The molecule has 3 heteroatoms. The number of nitrogens with zero attached hydrogens (tertiary/aromatic N) is 1. The Labute approximate surface area is 114 Å². The molecule has 1 aromatic heterocycles. The van der Waals surface area contributed by atoms with Crippen molar-refractivity contribution >= 4 is 0 Å². The van der Waals surface area contributed by atoms with Gasteiger partial charge in [0.15, 0.2) is 0 Å². The summed E-state index contributed by atoms with van der Waals surface area (Å²) < 4.78 is 5.43. The van der Waals surface area contributed by atoms with Crippen molar-refractivity contribution in [1.82, 2.24) is 4.90 Å². The van der Waals surface area contributed by atoms with Crippen LogP contribution in [-0.4, -0.2) is 30.6 Å². The average molecular weight is 259 g/mol. The Bertz CT molecular complexity index is 479. The molecule has 102 valence electrons. The molecule has 0 bridgehead atoms. The van der Waals surface area contributed by atoms with Crippen LogP contribution in [0, 0.1) is 0 Å². The highest BCUT2D eigenvalue weighted by Gasteiger charge is 2.32. The van der Waals surface area contributed by atoms with E-state index in [1.165, 1.54) is 0 Å². The lowest BCUT2D eigenvalue weighted by Crippen LogP contribution is -2.32. The molecule has 0 saturated heterocycles. The van der Waals surface area contributed by atoms with E-state index in [1.54, 1.807) is 6.26 Å². The summed E-state index contributed by atoms with van der Waals surface area (Å²) >= 11 is 0. The molecule has 0 saturated carbocycles. The molecule has 1 atom stereocenters. The minimum absolute atomic E-state index is 0.565. The summed E-state index contributed by atoms with van der Waals surface area (Å²) in [5.41, 5.74) is 0.162. The van der Waals surface area contributed by atoms with Crippen molar-refractivity contribution in [2.45, 2.75) is 18.4 Å². The van der Waals surface area contributed by atoms with Crippen molar-refractivity contribution in [2.75, 3.05) is 20.6 Å². The van der Waals surface area contributed by atoms with Crippen LogP contribution in [0.4, 0.5) is 0 Å². The second kappa shape index (κ2) is 6.04. The maximum absolute atomic E-state index is 11.0. The van der Waals surface area contributed by atoms with E-state index in [4.69, 9.17) is 4.42 Å². The normalized spacial score (nSPS) is 14.5. The van der Waals surface area contributed by atoms with Crippen molar-refractivity contribution in [3.8, 4) is 0 Å².